The minimum absolute atomic E-state index is 0.137. The van der Waals surface area contributed by atoms with Crippen molar-refractivity contribution in [3.05, 3.63) is 0 Å². The first kappa shape index (κ1) is 44.9. The Morgan fingerprint density at radius 3 is 0.475 bits per heavy atom. The summed E-state index contributed by atoms with van der Waals surface area (Å²) in [6.07, 6.45) is 0. The van der Waals surface area contributed by atoms with Crippen molar-refractivity contribution in [1.29, 1.82) is 0 Å². The van der Waals surface area contributed by atoms with E-state index in [-0.39, 0.29) is 45.5 Å². The molecular weight excluding hydrogens is 512 g/mol. The highest BCUT2D eigenvalue weighted by Crippen LogP contribution is 2.29. The predicted octanol–water partition coefficient (Wildman–Crippen LogP) is 7.37. The molecule has 0 saturated heterocycles. The summed E-state index contributed by atoms with van der Waals surface area (Å²) in [5, 5.41) is 0. The van der Waals surface area contributed by atoms with Gasteiger partial charge in [0.1, 0.15) is 0 Å². The Bertz CT molecular complexity index is 629. The molecule has 0 aromatic rings. The fourth-order valence-electron chi connectivity index (χ4n) is 2.00. The van der Waals surface area contributed by atoms with Gasteiger partial charge in [-0.05, 0) is 79.1 Å². The summed E-state index contributed by atoms with van der Waals surface area (Å²) < 4.78 is 18.5. The van der Waals surface area contributed by atoms with Crippen molar-refractivity contribution < 1.29 is 38.1 Å². The van der Waals surface area contributed by atoms with Crippen LogP contribution in [0.3, 0.4) is 0 Å². The molecule has 0 heterocycles. The van der Waals surface area contributed by atoms with Crippen molar-refractivity contribution in [2.45, 2.75) is 111 Å². The number of carbonyl (C=O) groups is 4. The van der Waals surface area contributed by atoms with Crippen LogP contribution in [0.15, 0.2) is 0 Å². The molecule has 0 aromatic carbocycles. The molecule has 8 nitrogen and oxygen atoms in total. The van der Waals surface area contributed by atoms with E-state index in [9.17, 15) is 19.2 Å². The van der Waals surface area contributed by atoms with Crippen LogP contribution < -0.4 is 0 Å². The summed E-state index contributed by atoms with van der Waals surface area (Å²) in [4.78, 5) is 44.2. The first-order chi connectivity index (χ1) is 17.7. The molecular formula is C32H64O8. The third kappa shape index (κ3) is 15.0. The first-order valence-corrected chi connectivity index (χ1v) is 14.0. The predicted molar refractivity (Wildman–Crippen MR) is 163 cm³/mol. The SMILES string of the molecule is COC(=O)C(C)(C)C(C)C.COC(=O)C(C)(C)C(C)C.COC(=O)C(C)(C)C(C)C.COC(=O)C(C)(C)C(C)C. The van der Waals surface area contributed by atoms with Crippen LogP contribution in [-0.4, -0.2) is 52.3 Å². The van der Waals surface area contributed by atoms with Gasteiger partial charge in [0, 0.05) is 0 Å². The molecule has 8 heteroatoms. The van der Waals surface area contributed by atoms with E-state index in [2.05, 4.69) is 18.9 Å². The second kappa shape index (κ2) is 19.1. The van der Waals surface area contributed by atoms with Gasteiger partial charge in [-0.25, -0.2) is 0 Å². The Morgan fingerprint density at radius 1 is 0.350 bits per heavy atom. The monoisotopic (exact) mass is 576 g/mol. The van der Waals surface area contributed by atoms with E-state index in [1.54, 1.807) is 0 Å². The molecule has 0 amide bonds. The van der Waals surface area contributed by atoms with Crippen molar-refractivity contribution in [2.75, 3.05) is 28.4 Å². The zero-order valence-electron chi connectivity index (χ0n) is 29.6. The van der Waals surface area contributed by atoms with Gasteiger partial charge in [-0.1, -0.05) is 55.4 Å². The summed E-state index contributed by atoms with van der Waals surface area (Å²) in [6, 6.07) is 0. The van der Waals surface area contributed by atoms with Gasteiger partial charge in [-0.15, -0.1) is 0 Å². The number of hydrogen-bond acceptors (Lipinski definition) is 8. The summed E-state index contributed by atoms with van der Waals surface area (Å²) in [5.41, 5.74) is -1.41. The largest absolute Gasteiger partial charge is 0.469 e. The van der Waals surface area contributed by atoms with E-state index in [0.29, 0.717) is 23.7 Å². The van der Waals surface area contributed by atoms with Gasteiger partial charge in [-0.2, -0.15) is 0 Å². The molecule has 0 rings (SSSR count). The van der Waals surface area contributed by atoms with Crippen molar-refractivity contribution in [3.63, 3.8) is 0 Å². The summed E-state index contributed by atoms with van der Waals surface area (Å²) in [5.74, 6) is 0.731. The van der Waals surface area contributed by atoms with Crippen molar-refractivity contribution >= 4 is 23.9 Å². The van der Waals surface area contributed by atoms with Gasteiger partial charge in [0.15, 0.2) is 0 Å². The molecule has 0 saturated carbocycles. The maximum absolute atomic E-state index is 11.1. The van der Waals surface area contributed by atoms with E-state index in [4.69, 9.17) is 0 Å². The molecule has 0 aliphatic carbocycles. The minimum atomic E-state index is -0.352. The lowest BCUT2D eigenvalue weighted by Crippen LogP contribution is -2.30. The normalized spacial score (nSPS) is 11.8. The van der Waals surface area contributed by atoms with Crippen molar-refractivity contribution in [2.24, 2.45) is 45.3 Å². The molecule has 0 aliphatic rings. The molecule has 0 aromatic heterocycles. The molecule has 40 heavy (non-hydrogen) atoms. The first-order valence-electron chi connectivity index (χ1n) is 14.0. The number of ether oxygens (including phenoxy) is 4. The van der Waals surface area contributed by atoms with E-state index in [0.717, 1.165) is 0 Å². The lowest BCUT2D eigenvalue weighted by atomic mass is 9.81. The van der Waals surface area contributed by atoms with Crippen LogP contribution in [0.2, 0.25) is 0 Å². The maximum Gasteiger partial charge on any atom is 0.311 e. The average molecular weight is 577 g/mol. The highest BCUT2D eigenvalue weighted by molar-refractivity contribution is 5.77. The van der Waals surface area contributed by atoms with Crippen LogP contribution in [0.25, 0.3) is 0 Å². The Balaban J connectivity index is -0.000000216. The van der Waals surface area contributed by atoms with Gasteiger partial charge in [0.25, 0.3) is 0 Å². The van der Waals surface area contributed by atoms with Gasteiger partial charge in [0.05, 0.1) is 50.1 Å². The Kier molecular flexibility index (Phi) is 21.4. The second-order valence-electron chi connectivity index (χ2n) is 13.5. The molecule has 0 radical (unpaired) electrons. The van der Waals surface area contributed by atoms with Crippen LogP contribution in [0.1, 0.15) is 111 Å². The van der Waals surface area contributed by atoms with Gasteiger partial charge < -0.3 is 18.9 Å². The molecule has 0 aliphatic heterocycles. The highest BCUT2D eigenvalue weighted by Gasteiger charge is 2.34. The molecule has 240 valence electrons. The van der Waals surface area contributed by atoms with Gasteiger partial charge in [-0.3, -0.25) is 19.2 Å². The summed E-state index contributed by atoms with van der Waals surface area (Å²) in [7, 11) is 5.69. The molecule has 0 N–H and O–H groups in total. The highest BCUT2D eigenvalue weighted by atomic mass is 16.5. The van der Waals surface area contributed by atoms with Crippen LogP contribution in [0.5, 0.6) is 0 Å². The molecule has 0 atom stereocenters. The molecule has 0 unspecified atom stereocenters. The van der Waals surface area contributed by atoms with Gasteiger partial charge in [0.2, 0.25) is 0 Å². The molecule has 0 fully saturated rings. The van der Waals surface area contributed by atoms with Crippen LogP contribution in [0, 0.1) is 45.3 Å². The zero-order chi connectivity index (χ0) is 33.4. The molecule has 0 spiro atoms. The maximum atomic E-state index is 11.1. The topological polar surface area (TPSA) is 105 Å². The van der Waals surface area contributed by atoms with E-state index in [1.807, 2.05) is 111 Å². The summed E-state index contributed by atoms with van der Waals surface area (Å²) in [6.45, 7) is 31.2. The number of rotatable bonds is 8. The number of carbonyl (C=O) groups excluding carboxylic acids is 4. The van der Waals surface area contributed by atoms with Crippen LogP contribution in [0.4, 0.5) is 0 Å². The third-order valence-corrected chi connectivity index (χ3v) is 8.62. The summed E-state index contributed by atoms with van der Waals surface area (Å²) >= 11 is 0. The quantitative estimate of drug-likeness (QED) is 0.218. The fourth-order valence-corrected chi connectivity index (χ4v) is 2.00. The number of hydrogen-bond donors (Lipinski definition) is 0. The third-order valence-electron chi connectivity index (χ3n) is 8.62. The number of esters is 4. The van der Waals surface area contributed by atoms with Crippen LogP contribution in [-0.2, 0) is 38.1 Å². The smallest absolute Gasteiger partial charge is 0.311 e. The fraction of sp³-hybridized carbons (Fsp3) is 0.875. The Labute approximate surface area is 246 Å². The van der Waals surface area contributed by atoms with Crippen molar-refractivity contribution in [1.82, 2.24) is 0 Å². The van der Waals surface area contributed by atoms with E-state index in [1.165, 1.54) is 28.4 Å². The Morgan fingerprint density at radius 2 is 0.450 bits per heavy atom. The lowest BCUT2D eigenvalue weighted by molar-refractivity contribution is -0.154. The standard InChI is InChI=1S/4C8H16O2/c4*1-6(2)8(3,4)7(9)10-5/h4*6H,1-5H3. The second-order valence-corrected chi connectivity index (χ2v) is 13.5. The van der Waals surface area contributed by atoms with Crippen LogP contribution >= 0.6 is 0 Å². The number of methoxy groups -OCH3 is 4. The lowest BCUT2D eigenvalue weighted by Gasteiger charge is -2.25. The van der Waals surface area contributed by atoms with Gasteiger partial charge >= 0.3 is 23.9 Å². The average Bonchev–Trinajstić information content (AvgIpc) is 2.86. The Hall–Kier alpha value is -2.12. The zero-order valence-corrected chi connectivity index (χ0v) is 29.6. The van der Waals surface area contributed by atoms with E-state index < -0.39 is 0 Å². The van der Waals surface area contributed by atoms with E-state index >= 15 is 0 Å². The van der Waals surface area contributed by atoms with Crippen molar-refractivity contribution in [3.8, 4) is 0 Å². The molecule has 0 bridgehead atoms. The minimum Gasteiger partial charge on any atom is -0.469 e.